The van der Waals surface area contributed by atoms with Crippen molar-refractivity contribution in [3.63, 3.8) is 0 Å². The summed E-state index contributed by atoms with van der Waals surface area (Å²) in [7, 11) is 0. The van der Waals surface area contributed by atoms with Crippen molar-refractivity contribution in [2.24, 2.45) is 5.92 Å². The second-order valence-electron chi connectivity index (χ2n) is 9.05. The van der Waals surface area contributed by atoms with Gasteiger partial charge in [-0.15, -0.1) is 0 Å². The first-order valence-electron chi connectivity index (χ1n) is 11.7. The number of amides is 1. The maximum atomic E-state index is 13.4. The van der Waals surface area contributed by atoms with Gasteiger partial charge >= 0.3 is 0 Å². The Labute approximate surface area is 196 Å². The van der Waals surface area contributed by atoms with Crippen molar-refractivity contribution in [1.82, 2.24) is 4.90 Å². The fraction of sp³-hybridized carbons (Fsp3) is 0.500. The molecular formula is C26H33ClN2O3. The highest BCUT2D eigenvalue weighted by Crippen LogP contribution is 2.39. The average molecular weight is 457 g/mol. The summed E-state index contributed by atoms with van der Waals surface area (Å²) in [6.07, 6.45) is 3.82. The van der Waals surface area contributed by atoms with Gasteiger partial charge in [-0.1, -0.05) is 36.7 Å². The van der Waals surface area contributed by atoms with Gasteiger partial charge in [0.05, 0.1) is 5.41 Å². The van der Waals surface area contributed by atoms with Crippen molar-refractivity contribution < 1.29 is 14.3 Å². The fourth-order valence-electron chi connectivity index (χ4n) is 4.86. The van der Waals surface area contributed by atoms with Crippen LogP contribution in [0.1, 0.15) is 38.2 Å². The van der Waals surface area contributed by atoms with Crippen LogP contribution in [0.5, 0.6) is 5.75 Å². The lowest BCUT2D eigenvalue weighted by atomic mass is 9.73. The smallest absolute Gasteiger partial charge is 0.235 e. The molecule has 0 radical (unpaired) electrons. The maximum absolute atomic E-state index is 13.4. The third kappa shape index (κ3) is 5.45. The number of piperidine rings is 1. The minimum atomic E-state index is -0.683. The Morgan fingerprint density at radius 1 is 1.19 bits per heavy atom. The van der Waals surface area contributed by atoms with Crippen LogP contribution < -0.4 is 10.1 Å². The van der Waals surface area contributed by atoms with E-state index in [2.05, 4.69) is 17.1 Å². The monoisotopic (exact) mass is 456 g/mol. The molecule has 2 aromatic rings. The van der Waals surface area contributed by atoms with E-state index in [1.165, 1.54) is 12.8 Å². The van der Waals surface area contributed by atoms with E-state index >= 15 is 0 Å². The van der Waals surface area contributed by atoms with Crippen molar-refractivity contribution >= 4 is 23.2 Å². The van der Waals surface area contributed by atoms with Gasteiger partial charge in [0.2, 0.25) is 5.91 Å². The molecule has 0 spiro atoms. The minimum absolute atomic E-state index is 0.0400. The van der Waals surface area contributed by atoms with Gasteiger partial charge in [0.25, 0.3) is 0 Å². The van der Waals surface area contributed by atoms with Gasteiger partial charge in [0.1, 0.15) is 12.4 Å². The Morgan fingerprint density at radius 2 is 1.94 bits per heavy atom. The number of nitrogens with one attached hydrogen (secondary N) is 1. The summed E-state index contributed by atoms with van der Waals surface area (Å²) in [5.74, 6) is 1.55. The topological polar surface area (TPSA) is 50.8 Å². The molecule has 2 aliphatic heterocycles. The molecule has 1 amide bonds. The van der Waals surface area contributed by atoms with Gasteiger partial charge in [-0.05, 0) is 74.0 Å². The summed E-state index contributed by atoms with van der Waals surface area (Å²) in [5.41, 5.74) is 0.941. The van der Waals surface area contributed by atoms with E-state index in [0.717, 1.165) is 42.6 Å². The van der Waals surface area contributed by atoms with Crippen LogP contribution in [0.3, 0.4) is 0 Å². The van der Waals surface area contributed by atoms with Crippen LogP contribution in [0.2, 0.25) is 5.02 Å². The molecule has 6 heteroatoms. The molecule has 5 nitrogen and oxygen atoms in total. The van der Waals surface area contributed by atoms with E-state index in [0.29, 0.717) is 37.7 Å². The Kier molecular flexibility index (Phi) is 7.71. The summed E-state index contributed by atoms with van der Waals surface area (Å²) in [6.45, 7) is 7.35. The first-order chi connectivity index (χ1) is 15.6. The molecule has 2 aliphatic rings. The molecule has 1 N–H and O–H groups in total. The minimum Gasteiger partial charge on any atom is -0.492 e. The second kappa shape index (κ2) is 10.7. The van der Waals surface area contributed by atoms with Crippen molar-refractivity contribution in [2.75, 3.05) is 44.8 Å². The lowest BCUT2D eigenvalue weighted by Gasteiger charge is -2.36. The Bertz CT molecular complexity index is 896. The highest BCUT2D eigenvalue weighted by Gasteiger charge is 2.43. The Balaban J connectivity index is 1.36. The van der Waals surface area contributed by atoms with Crippen LogP contribution in [-0.4, -0.2) is 50.3 Å². The number of nitrogens with zero attached hydrogens (tertiary/aromatic N) is 1. The summed E-state index contributed by atoms with van der Waals surface area (Å²) in [4.78, 5) is 15.9. The van der Waals surface area contributed by atoms with Gasteiger partial charge in [-0.3, -0.25) is 9.69 Å². The van der Waals surface area contributed by atoms with Gasteiger partial charge in [0, 0.05) is 37.0 Å². The molecule has 0 bridgehead atoms. The summed E-state index contributed by atoms with van der Waals surface area (Å²) in [5, 5.41) is 3.72. The lowest BCUT2D eigenvalue weighted by Crippen LogP contribution is -2.45. The molecule has 2 heterocycles. The molecule has 0 saturated carbocycles. The number of likely N-dealkylation sites (tertiary alicyclic amines) is 1. The number of hydrogen-bond acceptors (Lipinski definition) is 4. The summed E-state index contributed by atoms with van der Waals surface area (Å²) < 4.78 is 11.5. The molecule has 4 rings (SSSR count). The number of carbonyl (C=O) groups excluding carboxylic acids is 1. The number of ether oxygens (including phenoxy) is 2. The highest BCUT2D eigenvalue weighted by atomic mass is 35.5. The molecule has 0 unspecified atom stereocenters. The van der Waals surface area contributed by atoms with Crippen LogP contribution in [-0.2, 0) is 14.9 Å². The van der Waals surface area contributed by atoms with E-state index in [1.54, 1.807) is 0 Å². The van der Waals surface area contributed by atoms with E-state index < -0.39 is 5.41 Å². The zero-order valence-corrected chi connectivity index (χ0v) is 19.6. The fourth-order valence-corrected chi connectivity index (χ4v) is 5.17. The average Bonchev–Trinajstić information content (AvgIpc) is 2.81. The van der Waals surface area contributed by atoms with E-state index in [9.17, 15) is 4.79 Å². The molecule has 32 heavy (non-hydrogen) atoms. The van der Waals surface area contributed by atoms with E-state index in [-0.39, 0.29) is 5.91 Å². The summed E-state index contributed by atoms with van der Waals surface area (Å²) in [6, 6.07) is 15.3. The highest BCUT2D eigenvalue weighted by molar-refractivity contribution is 6.31. The molecule has 0 aliphatic carbocycles. The van der Waals surface area contributed by atoms with Gasteiger partial charge in [-0.25, -0.2) is 0 Å². The van der Waals surface area contributed by atoms with Gasteiger partial charge < -0.3 is 14.8 Å². The zero-order valence-electron chi connectivity index (χ0n) is 18.8. The largest absolute Gasteiger partial charge is 0.492 e. The van der Waals surface area contributed by atoms with Crippen LogP contribution in [0.4, 0.5) is 5.69 Å². The molecule has 2 aromatic carbocycles. The normalized spacial score (nSPS) is 21.1. The van der Waals surface area contributed by atoms with Crippen molar-refractivity contribution in [2.45, 2.75) is 38.0 Å². The van der Waals surface area contributed by atoms with Crippen molar-refractivity contribution in [3.8, 4) is 5.75 Å². The number of anilines is 1. The Hall–Kier alpha value is -2.08. The Morgan fingerprint density at radius 3 is 2.66 bits per heavy atom. The van der Waals surface area contributed by atoms with Gasteiger partial charge in [0.15, 0.2) is 0 Å². The standard InChI is InChI=1S/C26H33ClN2O3/c1-20-5-4-14-29(19-20)15-18-32-22-10-8-21(9-11-22)28-25(30)26(12-16-31-17-13-26)23-6-2-3-7-24(23)27/h2-3,6-11,20H,4-5,12-19H2,1H3,(H,28,30)/t20-/m1/s1. The van der Waals surface area contributed by atoms with Crippen LogP contribution >= 0.6 is 11.6 Å². The molecule has 2 fully saturated rings. The predicted octanol–water partition coefficient (Wildman–Crippen LogP) is 5.14. The zero-order chi connectivity index (χ0) is 22.4. The number of carbonyl (C=O) groups is 1. The lowest BCUT2D eigenvalue weighted by molar-refractivity contribution is -0.125. The number of hydrogen-bond donors (Lipinski definition) is 1. The van der Waals surface area contributed by atoms with Crippen LogP contribution in [0, 0.1) is 5.92 Å². The third-order valence-electron chi connectivity index (χ3n) is 6.70. The third-order valence-corrected chi connectivity index (χ3v) is 7.03. The molecule has 0 aromatic heterocycles. The SMILES string of the molecule is C[C@@H]1CCCN(CCOc2ccc(NC(=O)C3(c4ccccc4Cl)CCOCC3)cc2)C1. The van der Waals surface area contributed by atoms with Gasteiger partial charge in [-0.2, -0.15) is 0 Å². The van der Waals surface area contributed by atoms with E-state index in [1.807, 2.05) is 48.5 Å². The first-order valence-corrected chi connectivity index (χ1v) is 12.0. The van der Waals surface area contributed by atoms with Crippen LogP contribution in [0.15, 0.2) is 48.5 Å². The van der Waals surface area contributed by atoms with E-state index in [4.69, 9.17) is 21.1 Å². The first kappa shape index (κ1) is 23.1. The predicted molar refractivity (Wildman–Crippen MR) is 129 cm³/mol. The quantitative estimate of drug-likeness (QED) is 0.626. The van der Waals surface area contributed by atoms with Crippen LogP contribution in [0.25, 0.3) is 0 Å². The molecule has 1 atom stereocenters. The van der Waals surface area contributed by atoms with Crippen molar-refractivity contribution in [3.05, 3.63) is 59.1 Å². The number of halogens is 1. The number of rotatable bonds is 7. The maximum Gasteiger partial charge on any atom is 0.235 e. The molecular weight excluding hydrogens is 424 g/mol. The molecule has 2 saturated heterocycles. The molecule has 172 valence electrons. The van der Waals surface area contributed by atoms with Crippen molar-refractivity contribution in [1.29, 1.82) is 0 Å². The summed E-state index contributed by atoms with van der Waals surface area (Å²) >= 11 is 6.49. The second-order valence-corrected chi connectivity index (χ2v) is 9.46. The number of benzene rings is 2.